The van der Waals surface area contributed by atoms with Crippen LogP contribution in [0.2, 0.25) is 0 Å². The summed E-state index contributed by atoms with van der Waals surface area (Å²) in [6, 6.07) is 0. The van der Waals surface area contributed by atoms with Crippen molar-refractivity contribution in [3.05, 3.63) is 146 Å². The molecule has 0 aliphatic carbocycles. The molecule has 0 radical (unpaired) electrons. The molecule has 6 nitrogen and oxygen atoms in total. The van der Waals surface area contributed by atoms with E-state index in [4.69, 9.17) is 14.2 Å². The highest BCUT2D eigenvalue weighted by Gasteiger charge is 2.19. The Morgan fingerprint density at radius 1 is 0.273 bits per heavy atom. The molecule has 0 saturated heterocycles. The summed E-state index contributed by atoms with van der Waals surface area (Å²) in [5.74, 6) is -0.945. The molecule has 6 heteroatoms. The molecular weight excluding hydrogens is 949 g/mol. The van der Waals surface area contributed by atoms with Crippen molar-refractivity contribution >= 4 is 17.9 Å². The van der Waals surface area contributed by atoms with Crippen LogP contribution >= 0.6 is 0 Å². The van der Waals surface area contributed by atoms with Gasteiger partial charge in [-0.05, 0) is 135 Å². The zero-order valence-electron chi connectivity index (χ0n) is 49.7. The van der Waals surface area contributed by atoms with Crippen LogP contribution in [0.3, 0.4) is 0 Å². The van der Waals surface area contributed by atoms with Gasteiger partial charge in [0.15, 0.2) is 6.10 Å². The molecule has 434 valence electrons. The second kappa shape index (κ2) is 63.8. The molecule has 0 N–H and O–H groups in total. The molecular formula is C71H114O6. The fourth-order valence-corrected chi connectivity index (χ4v) is 8.08. The fourth-order valence-electron chi connectivity index (χ4n) is 8.08. The summed E-state index contributed by atoms with van der Waals surface area (Å²) in [4.78, 5) is 38.2. The SMILES string of the molecule is CC/C=C\C/C=C\C/C=C\C/C=C\C/C=C\C/C=C\C/C=C\C/C=C\CCCCCCCCC(=O)OCC(COC(=O)CCCCCCC/C=C\C/C=C\CCCC)OC(=O)CCCCCCC/C=C\C/C=C\CCCC. The van der Waals surface area contributed by atoms with Crippen molar-refractivity contribution in [1.29, 1.82) is 0 Å². The minimum absolute atomic E-state index is 0.100. The van der Waals surface area contributed by atoms with E-state index >= 15 is 0 Å². The smallest absolute Gasteiger partial charge is 0.306 e. The highest BCUT2D eigenvalue weighted by molar-refractivity contribution is 5.71. The largest absolute Gasteiger partial charge is 0.462 e. The number of ether oxygens (including phenoxy) is 3. The Labute approximate surface area is 474 Å². The van der Waals surface area contributed by atoms with Crippen LogP contribution in [0.5, 0.6) is 0 Å². The van der Waals surface area contributed by atoms with Crippen molar-refractivity contribution in [2.45, 2.75) is 271 Å². The molecule has 0 saturated carbocycles. The Morgan fingerprint density at radius 3 is 0.792 bits per heavy atom. The van der Waals surface area contributed by atoms with E-state index in [1.807, 2.05) is 0 Å². The molecule has 0 aliphatic heterocycles. The zero-order chi connectivity index (χ0) is 55.7. The predicted molar refractivity (Wildman–Crippen MR) is 334 cm³/mol. The van der Waals surface area contributed by atoms with Crippen LogP contribution in [0.25, 0.3) is 0 Å². The van der Waals surface area contributed by atoms with Crippen LogP contribution in [-0.4, -0.2) is 37.2 Å². The molecule has 0 fully saturated rings. The number of allylic oxidation sites excluding steroid dienone is 24. The summed E-state index contributed by atoms with van der Waals surface area (Å²) >= 11 is 0. The Morgan fingerprint density at radius 2 is 0.506 bits per heavy atom. The van der Waals surface area contributed by atoms with E-state index in [0.717, 1.165) is 173 Å². The molecule has 0 aromatic heterocycles. The molecule has 0 aromatic carbocycles. The Bertz CT molecular complexity index is 1700. The van der Waals surface area contributed by atoms with Gasteiger partial charge in [-0.25, -0.2) is 0 Å². The van der Waals surface area contributed by atoms with E-state index in [0.29, 0.717) is 19.3 Å². The highest BCUT2D eigenvalue weighted by Crippen LogP contribution is 2.14. The maximum absolute atomic E-state index is 12.9. The molecule has 1 atom stereocenters. The minimum Gasteiger partial charge on any atom is -0.462 e. The van der Waals surface area contributed by atoms with Crippen molar-refractivity contribution in [3.63, 3.8) is 0 Å². The maximum Gasteiger partial charge on any atom is 0.306 e. The Hall–Kier alpha value is -4.71. The third-order valence-corrected chi connectivity index (χ3v) is 12.8. The first-order chi connectivity index (χ1) is 38.0. The standard InChI is InChI=1S/C71H114O6/c1-4-7-10-13-16-19-22-25-28-29-30-31-32-33-34-35-36-37-38-39-40-41-42-43-44-47-49-52-55-58-61-64-70(73)76-67-68(77-71(74)65-62-59-56-53-50-46-27-24-21-18-15-12-9-6-3)66-75-69(72)63-60-57-54-51-48-45-26-23-20-17-14-11-8-5-2/h7,10,14-19,23-28,30-31,33-34,36-37,39-40,42-43,68H,4-6,8-9,11-13,20-22,29,32,35,38,41,44-67H2,1-3H3/b10-7-,17-14-,18-15-,19-16-,26-23-,27-24-,28-25-,31-30-,34-33-,37-36-,40-39-,43-42-. The number of hydrogen-bond acceptors (Lipinski definition) is 6. The van der Waals surface area contributed by atoms with Gasteiger partial charge >= 0.3 is 17.9 Å². The second-order valence-corrected chi connectivity index (χ2v) is 20.2. The van der Waals surface area contributed by atoms with Crippen LogP contribution in [0.15, 0.2) is 146 Å². The first kappa shape index (κ1) is 72.3. The Balaban J connectivity index is 4.35. The molecule has 0 bridgehead atoms. The lowest BCUT2D eigenvalue weighted by molar-refractivity contribution is -0.167. The first-order valence-corrected chi connectivity index (χ1v) is 31.3. The average molecular weight is 1060 g/mol. The van der Waals surface area contributed by atoms with E-state index in [1.165, 1.54) is 51.4 Å². The van der Waals surface area contributed by atoms with Crippen molar-refractivity contribution in [1.82, 2.24) is 0 Å². The van der Waals surface area contributed by atoms with E-state index in [9.17, 15) is 14.4 Å². The van der Waals surface area contributed by atoms with Crippen LogP contribution in [0.4, 0.5) is 0 Å². The van der Waals surface area contributed by atoms with Crippen LogP contribution in [0, 0.1) is 0 Å². The van der Waals surface area contributed by atoms with Gasteiger partial charge < -0.3 is 14.2 Å². The van der Waals surface area contributed by atoms with Crippen LogP contribution in [0.1, 0.15) is 265 Å². The van der Waals surface area contributed by atoms with Crippen LogP contribution in [-0.2, 0) is 28.6 Å². The van der Waals surface area contributed by atoms with E-state index < -0.39 is 6.10 Å². The molecule has 0 rings (SSSR count). The molecule has 0 spiro atoms. The first-order valence-electron chi connectivity index (χ1n) is 31.3. The van der Waals surface area contributed by atoms with Gasteiger partial charge in [-0.1, -0.05) is 256 Å². The van der Waals surface area contributed by atoms with Gasteiger partial charge in [-0.15, -0.1) is 0 Å². The normalized spacial score (nSPS) is 13.1. The summed E-state index contributed by atoms with van der Waals surface area (Å²) in [5.41, 5.74) is 0. The quantitative estimate of drug-likeness (QED) is 0.0261. The van der Waals surface area contributed by atoms with Crippen molar-refractivity contribution in [2.24, 2.45) is 0 Å². The monoisotopic (exact) mass is 1060 g/mol. The second-order valence-electron chi connectivity index (χ2n) is 20.2. The number of carbonyl (C=O) groups is 3. The van der Waals surface area contributed by atoms with Crippen molar-refractivity contribution in [3.8, 4) is 0 Å². The number of rotatable bonds is 55. The fraction of sp³-hybridized carbons (Fsp3) is 0.620. The van der Waals surface area contributed by atoms with Gasteiger partial charge in [0.25, 0.3) is 0 Å². The lowest BCUT2D eigenvalue weighted by atomic mass is 10.1. The van der Waals surface area contributed by atoms with Gasteiger partial charge in [0.2, 0.25) is 0 Å². The highest BCUT2D eigenvalue weighted by atomic mass is 16.6. The summed E-state index contributed by atoms with van der Waals surface area (Å²) in [5, 5.41) is 0. The minimum atomic E-state index is -0.804. The topological polar surface area (TPSA) is 78.9 Å². The van der Waals surface area contributed by atoms with E-state index in [2.05, 4.69) is 167 Å². The molecule has 1 unspecified atom stereocenters. The third-order valence-electron chi connectivity index (χ3n) is 12.8. The van der Waals surface area contributed by atoms with Gasteiger partial charge in [0.05, 0.1) is 0 Å². The number of carbonyl (C=O) groups excluding carboxylic acids is 3. The summed E-state index contributed by atoms with van der Waals surface area (Å²) < 4.78 is 16.9. The molecule has 0 aromatic rings. The summed E-state index contributed by atoms with van der Waals surface area (Å²) in [6.07, 6.45) is 91.3. The summed E-state index contributed by atoms with van der Waals surface area (Å²) in [7, 11) is 0. The lowest BCUT2D eigenvalue weighted by Crippen LogP contribution is -2.30. The molecule has 0 aliphatic rings. The van der Waals surface area contributed by atoms with Gasteiger partial charge in [-0.2, -0.15) is 0 Å². The van der Waals surface area contributed by atoms with Crippen molar-refractivity contribution < 1.29 is 28.6 Å². The Kier molecular flexibility index (Phi) is 59.9. The molecule has 0 heterocycles. The van der Waals surface area contributed by atoms with Gasteiger partial charge in [-0.3, -0.25) is 14.4 Å². The lowest BCUT2D eigenvalue weighted by Gasteiger charge is -2.18. The third kappa shape index (κ3) is 62.0. The van der Waals surface area contributed by atoms with E-state index in [-0.39, 0.29) is 31.1 Å². The average Bonchev–Trinajstić information content (AvgIpc) is 3.43. The molecule has 77 heavy (non-hydrogen) atoms. The predicted octanol–water partition coefficient (Wildman–Crippen LogP) is 21.5. The maximum atomic E-state index is 12.9. The van der Waals surface area contributed by atoms with E-state index in [1.54, 1.807) is 0 Å². The van der Waals surface area contributed by atoms with Crippen molar-refractivity contribution in [2.75, 3.05) is 13.2 Å². The summed E-state index contributed by atoms with van der Waals surface area (Å²) in [6.45, 7) is 6.40. The zero-order valence-corrected chi connectivity index (χ0v) is 49.7. The van der Waals surface area contributed by atoms with Crippen LogP contribution < -0.4 is 0 Å². The number of unbranched alkanes of at least 4 members (excludes halogenated alkanes) is 20. The number of hydrogen-bond donors (Lipinski definition) is 0. The van der Waals surface area contributed by atoms with Gasteiger partial charge in [0, 0.05) is 19.3 Å². The molecule has 0 amide bonds. The number of esters is 3. The van der Waals surface area contributed by atoms with Gasteiger partial charge in [0.1, 0.15) is 13.2 Å².